The second kappa shape index (κ2) is 5.79. The van der Waals surface area contributed by atoms with E-state index in [1.54, 1.807) is 6.07 Å². The maximum Gasteiger partial charge on any atom is 0.145 e. The van der Waals surface area contributed by atoms with Gasteiger partial charge in [0, 0.05) is 25.3 Å². The second-order valence-corrected chi connectivity index (χ2v) is 4.32. The Morgan fingerprint density at radius 2 is 2.06 bits per heavy atom. The Kier molecular flexibility index (Phi) is 4.11. The van der Waals surface area contributed by atoms with Crippen molar-refractivity contribution in [1.29, 1.82) is 0 Å². The van der Waals surface area contributed by atoms with E-state index in [0.29, 0.717) is 17.8 Å². The molecule has 0 bridgehead atoms. The minimum absolute atomic E-state index is 0.374. The van der Waals surface area contributed by atoms with Gasteiger partial charge < -0.3 is 15.5 Å². The fraction of sp³-hybridized carbons (Fsp3) is 0.636. The SMILES string of the molecule is CC(Nc1cc(NN)ncn1)C1CCOCC1. The average Bonchev–Trinajstić information content (AvgIpc) is 2.40. The maximum absolute atomic E-state index is 5.36. The first-order valence-electron chi connectivity index (χ1n) is 5.92. The lowest BCUT2D eigenvalue weighted by Crippen LogP contribution is -2.31. The molecule has 0 aromatic carbocycles. The van der Waals surface area contributed by atoms with Crippen LogP contribution in [0.25, 0.3) is 0 Å². The molecule has 1 saturated heterocycles. The van der Waals surface area contributed by atoms with E-state index in [1.165, 1.54) is 6.33 Å². The third-order valence-electron chi connectivity index (χ3n) is 3.16. The van der Waals surface area contributed by atoms with Crippen LogP contribution in [0.3, 0.4) is 0 Å². The number of aromatic nitrogens is 2. The zero-order chi connectivity index (χ0) is 12.1. The summed E-state index contributed by atoms with van der Waals surface area (Å²) >= 11 is 0. The van der Waals surface area contributed by atoms with Gasteiger partial charge in [0.15, 0.2) is 0 Å². The van der Waals surface area contributed by atoms with Crippen molar-refractivity contribution in [3.63, 3.8) is 0 Å². The molecule has 1 aliphatic heterocycles. The van der Waals surface area contributed by atoms with E-state index in [-0.39, 0.29) is 0 Å². The number of rotatable bonds is 4. The molecule has 0 spiro atoms. The zero-order valence-electron chi connectivity index (χ0n) is 10.0. The Hall–Kier alpha value is -1.40. The molecule has 94 valence electrons. The number of nitrogen functional groups attached to an aromatic ring is 1. The summed E-state index contributed by atoms with van der Waals surface area (Å²) in [5.41, 5.74) is 2.51. The van der Waals surface area contributed by atoms with E-state index >= 15 is 0 Å². The average molecular weight is 237 g/mol. The molecular formula is C11H19N5O. The Morgan fingerprint density at radius 1 is 1.35 bits per heavy atom. The Balaban J connectivity index is 1.94. The number of ether oxygens (including phenoxy) is 1. The monoisotopic (exact) mass is 237 g/mol. The van der Waals surface area contributed by atoms with Crippen LogP contribution in [0.4, 0.5) is 11.6 Å². The summed E-state index contributed by atoms with van der Waals surface area (Å²) in [7, 11) is 0. The molecule has 0 radical (unpaired) electrons. The Morgan fingerprint density at radius 3 is 2.76 bits per heavy atom. The standard InChI is InChI=1S/C11H19N5O/c1-8(9-2-4-17-5-3-9)15-10-6-11(16-12)14-7-13-10/h6-9H,2-5,12H2,1H3,(H2,13,14,15,16). The van der Waals surface area contributed by atoms with Gasteiger partial charge in [-0.2, -0.15) is 0 Å². The highest BCUT2D eigenvalue weighted by molar-refractivity contribution is 5.46. The normalized spacial score (nSPS) is 18.7. The lowest BCUT2D eigenvalue weighted by Gasteiger charge is -2.28. The van der Waals surface area contributed by atoms with Gasteiger partial charge in [0.2, 0.25) is 0 Å². The van der Waals surface area contributed by atoms with Gasteiger partial charge in [-0.3, -0.25) is 0 Å². The summed E-state index contributed by atoms with van der Waals surface area (Å²) in [6.45, 7) is 3.89. The maximum atomic E-state index is 5.36. The first-order chi connectivity index (χ1) is 8.29. The second-order valence-electron chi connectivity index (χ2n) is 4.32. The van der Waals surface area contributed by atoms with Crippen molar-refractivity contribution in [2.45, 2.75) is 25.8 Å². The van der Waals surface area contributed by atoms with Crippen molar-refractivity contribution in [2.75, 3.05) is 24.0 Å². The van der Waals surface area contributed by atoms with Crippen LogP contribution in [0, 0.1) is 5.92 Å². The first kappa shape index (κ1) is 12.1. The van der Waals surface area contributed by atoms with Crippen molar-refractivity contribution in [2.24, 2.45) is 11.8 Å². The number of anilines is 2. The number of hydrogen-bond acceptors (Lipinski definition) is 6. The summed E-state index contributed by atoms with van der Waals surface area (Å²) in [4.78, 5) is 8.14. The van der Waals surface area contributed by atoms with E-state index in [0.717, 1.165) is 31.9 Å². The lowest BCUT2D eigenvalue weighted by molar-refractivity contribution is 0.0622. The molecule has 1 fully saturated rings. The zero-order valence-corrected chi connectivity index (χ0v) is 10.0. The highest BCUT2D eigenvalue weighted by Gasteiger charge is 2.20. The van der Waals surface area contributed by atoms with E-state index in [1.807, 2.05) is 0 Å². The molecule has 17 heavy (non-hydrogen) atoms. The van der Waals surface area contributed by atoms with Crippen LogP contribution in [0.1, 0.15) is 19.8 Å². The van der Waals surface area contributed by atoms with Gasteiger partial charge in [0.25, 0.3) is 0 Å². The quantitative estimate of drug-likeness (QED) is 0.535. The summed E-state index contributed by atoms with van der Waals surface area (Å²) in [6.07, 6.45) is 3.69. The smallest absolute Gasteiger partial charge is 0.145 e. The molecule has 0 saturated carbocycles. The summed E-state index contributed by atoms with van der Waals surface area (Å²) in [6, 6.07) is 2.18. The summed E-state index contributed by atoms with van der Waals surface area (Å²) < 4.78 is 5.36. The first-order valence-corrected chi connectivity index (χ1v) is 5.92. The largest absolute Gasteiger partial charge is 0.381 e. The third kappa shape index (κ3) is 3.28. The van der Waals surface area contributed by atoms with Gasteiger partial charge in [-0.15, -0.1) is 0 Å². The van der Waals surface area contributed by atoms with Crippen LogP contribution < -0.4 is 16.6 Å². The van der Waals surface area contributed by atoms with E-state index in [4.69, 9.17) is 10.6 Å². The molecule has 0 amide bonds. The van der Waals surface area contributed by atoms with Gasteiger partial charge in [0.05, 0.1) is 0 Å². The van der Waals surface area contributed by atoms with Crippen molar-refractivity contribution < 1.29 is 4.74 Å². The third-order valence-corrected chi connectivity index (χ3v) is 3.16. The molecule has 2 heterocycles. The number of nitrogens with one attached hydrogen (secondary N) is 2. The number of hydrogen-bond donors (Lipinski definition) is 3. The van der Waals surface area contributed by atoms with Crippen LogP contribution in [0.2, 0.25) is 0 Å². The van der Waals surface area contributed by atoms with Gasteiger partial charge in [-0.25, -0.2) is 15.8 Å². The van der Waals surface area contributed by atoms with Crippen molar-refractivity contribution >= 4 is 11.6 Å². The van der Waals surface area contributed by atoms with Crippen LogP contribution >= 0.6 is 0 Å². The minimum Gasteiger partial charge on any atom is -0.381 e. The molecule has 6 heteroatoms. The molecule has 4 N–H and O–H groups in total. The van der Waals surface area contributed by atoms with Crippen LogP contribution in [0.5, 0.6) is 0 Å². The molecular weight excluding hydrogens is 218 g/mol. The molecule has 6 nitrogen and oxygen atoms in total. The number of nitrogens with zero attached hydrogens (tertiary/aromatic N) is 2. The summed E-state index contributed by atoms with van der Waals surface area (Å²) in [5.74, 6) is 7.35. The Bertz CT molecular complexity index is 353. The van der Waals surface area contributed by atoms with Crippen LogP contribution in [-0.2, 0) is 4.74 Å². The highest BCUT2D eigenvalue weighted by atomic mass is 16.5. The van der Waals surface area contributed by atoms with Crippen molar-refractivity contribution in [3.05, 3.63) is 12.4 Å². The van der Waals surface area contributed by atoms with Crippen LogP contribution in [-0.4, -0.2) is 29.2 Å². The van der Waals surface area contributed by atoms with Crippen molar-refractivity contribution in [1.82, 2.24) is 9.97 Å². The molecule has 0 aliphatic carbocycles. The molecule has 1 aromatic rings. The highest BCUT2D eigenvalue weighted by Crippen LogP contribution is 2.21. The predicted octanol–water partition coefficient (Wildman–Crippen LogP) is 0.989. The van der Waals surface area contributed by atoms with Crippen molar-refractivity contribution in [3.8, 4) is 0 Å². The van der Waals surface area contributed by atoms with Gasteiger partial charge in [-0.05, 0) is 25.7 Å². The number of nitrogens with two attached hydrogens (primary N) is 1. The lowest BCUT2D eigenvalue weighted by atomic mass is 9.93. The molecule has 2 rings (SSSR count). The van der Waals surface area contributed by atoms with E-state index in [9.17, 15) is 0 Å². The van der Waals surface area contributed by atoms with Gasteiger partial charge in [-0.1, -0.05) is 0 Å². The fourth-order valence-corrected chi connectivity index (χ4v) is 2.08. The molecule has 1 aromatic heterocycles. The topological polar surface area (TPSA) is 85.1 Å². The van der Waals surface area contributed by atoms with E-state index < -0.39 is 0 Å². The minimum atomic E-state index is 0.374. The van der Waals surface area contributed by atoms with E-state index in [2.05, 4.69) is 27.6 Å². The predicted molar refractivity (Wildman–Crippen MR) is 66.5 cm³/mol. The molecule has 1 atom stereocenters. The molecule has 1 aliphatic rings. The Labute approximate surface area is 101 Å². The van der Waals surface area contributed by atoms with Crippen LogP contribution in [0.15, 0.2) is 12.4 Å². The van der Waals surface area contributed by atoms with Gasteiger partial charge >= 0.3 is 0 Å². The number of hydrazine groups is 1. The summed E-state index contributed by atoms with van der Waals surface area (Å²) in [5, 5.41) is 3.38. The van der Waals surface area contributed by atoms with Gasteiger partial charge in [0.1, 0.15) is 18.0 Å². The molecule has 1 unspecified atom stereocenters. The fourth-order valence-electron chi connectivity index (χ4n) is 2.08.